The molecule has 0 radical (unpaired) electrons. The van der Waals surface area contributed by atoms with Crippen LogP contribution in [0.5, 0.6) is 23.1 Å². The molecule has 1 aromatic heterocycles. The number of amides is 1. The van der Waals surface area contributed by atoms with Gasteiger partial charge in [0.1, 0.15) is 17.2 Å². The van der Waals surface area contributed by atoms with Crippen LogP contribution in [0.15, 0.2) is 59.9 Å². The number of hydrogen-bond acceptors (Lipinski definition) is 7. The second-order valence-electron chi connectivity index (χ2n) is 6.24. The molecule has 0 aliphatic rings. The number of carbonyl (C=O) groups excluding carboxylic acids is 1. The molecule has 0 bridgehead atoms. The van der Waals surface area contributed by atoms with Crippen LogP contribution in [0.1, 0.15) is 5.56 Å². The molecule has 3 aromatic rings. The fraction of sp³-hybridized carbons (Fsp3) is 0.190. The number of anilines is 1. The van der Waals surface area contributed by atoms with Crippen molar-refractivity contribution >= 4 is 23.4 Å². The molecule has 0 unspecified atom stereocenters. The molecule has 168 valence electrons. The summed E-state index contributed by atoms with van der Waals surface area (Å²) in [5.41, 5.74) is -0.530. The molecule has 11 heteroatoms. The highest BCUT2D eigenvalue weighted by molar-refractivity contribution is 7.99. The third kappa shape index (κ3) is 6.51. The Morgan fingerprint density at radius 2 is 1.62 bits per heavy atom. The molecule has 0 saturated heterocycles. The lowest BCUT2D eigenvalue weighted by Gasteiger charge is -2.10. The number of hydrogen-bond donors (Lipinski definition) is 1. The van der Waals surface area contributed by atoms with Crippen LogP contribution in [0, 0.1) is 0 Å². The van der Waals surface area contributed by atoms with E-state index in [0.717, 1.165) is 23.9 Å². The first kappa shape index (κ1) is 23.2. The van der Waals surface area contributed by atoms with Gasteiger partial charge >= 0.3 is 6.18 Å². The Balaban J connectivity index is 1.58. The summed E-state index contributed by atoms with van der Waals surface area (Å²) in [7, 11) is 3.04. The molecule has 1 N–H and O–H groups in total. The molecule has 0 atom stereocenters. The Morgan fingerprint density at radius 1 is 1.00 bits per heavy atom. The Labute approximate surface area is 185 Å². The van der Waals surface area contributed by atoms with Gasteiger partial charge in [0.2, 0.25) is 11.8 Å². The van der Waals surface area contributed by atoms with Crippen molar-refractivity contribution < 1.29 is 32.2 Å². The van der Waals surface area contributed by atoms with Gasteiger partial charge in [0.05, 0.1) is 25.5 Å². The zero-order chi connectivity index (χ0) is 23.1. The number of benzene rings is 2. The van der Waals surface area contributed by atoms with Crippen LogP contribution < -0.4 is 19.5 Å². The maximum atomic E-state index is 12.6. The average molecular weight is 465 g/mol. The number of carbonyl (C=O) groups is 1. The topological polar surface area (TPSA) is 82.6 Å². The number of nitrogens with one attached hydrogen (secondary N) is 1. The first-order chi connectivity index (χ1) is 15.3. The first-order valence-electron chi connectivity index (χ1n) is 9.10. The van der Waals surface area contributed by atoms with Crippen LogP contribution in [0.4, 0.5) is 18.9 Å². The number of aromatic nitrogens is 2. The van der Waals surface area contributed by atoms with Crippen LogP contribution >= 0.6 is 11.8 Å². The van der Waals surface area contributed by atoms with Crippen LogP contribution in [0.25, 0.3) is 0 Å². The highest BCUT2D eigenvalue weighted by Crippen LogP contribution is 2.31. The monoisotopic (exact) mass is 465 g/mol. The third-order valence-electron chi connectivity index (χ3n) is 3.98. The Bertz CT molecular complexity index is 1060. The van der Waals surface area contributed by atoms with Gasteiger partial charge in [0.25, 0.3) is 0 Å². The SMILES string of the molecule is COc1cc(OC)cc(Oc2ccnc(SCC(=O)Nc3ccc(C(F)(F)F)cc3)n2)c1. The van der Waals surface area contributed by atoms with E-state index in [4.69, 9.17) is 14.2 Å². The van der Waals surface area contributed by atoms with Crippen LogP contribution in [-0.2, 0) is 11.0 Å². The molecule has 0 spiro atoms. The maximum absolute atomic E-state index is 12.6. The lowest BCUT2D eigenvalue weighted by molar-refractivity contribution is -0.137. The molecule has 2 aromatic carbocycles. The van der Waals surface area contributed by atoms with E-state index in [1.165, 1.54) is 32.5 Å². The Kier molecular flexibility index (Phi) is 7.41. The van der Waals surface area contributed by atoms with Crippen molar-refractivity contribution in [3.8, 4) is 23.1 Å². The molecule has 3 rings (SSSR count). The van der Waals surface area contributed by atoms with Gasteiger partial charge in [-0.2, -0.15) is 18.2 Å². The van der Waals surface area contributed by atoms with E-state index in [1.54, 1.807) is 24.3 Å². The Hall–Kier alpha value is -3.47. The van der Waals surface area contributed by atoms with Gasteiger partial charge in [-0.1, -0.05) is 11.8 Å². The summed E-state index contributed by atoms with van der Waals surface area (Å²) in [4.78, 5) is 20.4. The minimum Gasteiger partial charge on any atom is -0.496 e. The summed E-state index contributed by atoms with van der Waals surface area (Å²) in [6, 6.07) is 10.8. The highest BCUT2D eigenvalue weighted by atomic mass is 32.2. The minimum atomic E-state index is -4.43. The molecule has 1 amide bonds. The molecule has 0 fully saturated rings. The van der Waals surface area contributed by atoms with Crippen LogP contribution in [0.3, 0.4) is 0 Å². The number of thioether (sulfide) groups is 1. The predicted octanol–water partition coefficient (Wildman–Crippen LogP) is 5.04. The van der Waals surface area contributed by atoms with Gasteiger partial charge in [-0.05, 0) is 24.3 Å². The minimum absolute atomic E-state index is 0.0442. The first-order valence-corrected chi connectivity index (χ1v) is 10.1. The summed E-state index contributed by atoms with van der Waals surface area (Å²) in [5.74, 6) is 1.32. The normalized spacial score (nSPS) is 11.0. The standard InChI is InChI=1S/C21H18F3N3O4S/c1-29-15-9-16(30-2)11-17(10-15)31-19-7-8-25-20(27-19)32-12-18(28)26-14-5-3-13(4-6-14)21(22,23)24/h3-11H,12H2,1-2H3,(H,26,28). The average Bonchev–Trinajstić information content (AvgIpc) is 2.77. The summed E-state index contributed by atoms with van der Waals surface area (Å²) >= 11 is 1.05. The van der Waals surface area contributed by atoms with Crippen molar-refractivity contribution in [3.63, 3.8) is 0 Å². The van der Waals surface area contributed by atoms with E-state index in [1.807, 2.05) is 0 Å². The molecular formula is C21H18F3N3O4S. The van der Waals surface area contributed by atoms with Gasteiger partial charge in [0, 0.05) is 36.1 Å². The number of halogens is 3. The zero-order valence-corrected chi connectivity index (χ0v) is 17.8. The van der Waals surface area contributed by atoms with Gasteiger partial charge in [0.15, 0.2) is 5.16 Å². The quantitative estimate of drug-likeness (QED) is 0.369. The fourth-order valence-corrected chi connectivity index (χ4v) is 3.10. The maximum Gasteiger partial charge on any atom is 0.416 e. The van der Waals surface area contributed by atoms with Crippen molar-refractivity contribution in [2.24, 2.45) is 0 Å². The van der Waals surface area contributed by atoms with Crippen molar-refractivity contribution in [3.05, 3.63) is 60.3 Å². The summed E-state index contributed by atoms with van der Waals surface area (Å²) in [6.07, 6.45) is -2.95. The van der Waals surface area contributed by atoms with E-state index in [2.05, 4.69) is 15.3 Å². The predicted molar refractivity (Wildman–Crippen MR) is 112 cm³/mol. The lowest BCUT2D eigenvalue weighted by atomic mass is 10.2. The molecule has 0 aliphatic carbocycles. The van der Waals surface area contributed by atoms with Crippen molar-refractivity contribution in [1.29, 1.82) is 0 Å². The summed E-state index contributed by atoms with van der Waals surface area (Å²) in [5, 5.41) is 2.82. The van der Waals surface area contributed by atoms with Crippen LogP contribution in [-0.4, -0.2) is 35.8 Å². The number of alkyl halides is 3. The van der Waals surface area contributed by atoms with E-state index in [-0.39, 0.29) is 17.3 Å². The van der Waals surface area contributed by atoms with Crippen LogP contribution in [0.2, 0.25) is 0 Å². The van der Waals surface area contributed by atoms with Gasteiger partial charge in [-0.15, -0.1) is 0 Å². The van der Waals surface area contributed by atoms with E-state index in [9.17, 15) is 18.0 Å². The number of ether oxygens (including phenoxy) is 3. The number of nitrogens with zero attached hydrogens (tertiary/aromatic N) is 2. The smallest absolute Gasteiger partial charge is 0.416 e. The van der Waals surface area contributed by atoms with Crippen molar-refractivity contribution in [2.75, 3.05) is 25.3 Å². The van der Waals surface area contributed by atoms with Crippen molar-refractivity contribution in [2.45, 2.75) is 11.3 Å². The second-order valence-corrected chi connectivity index (χ2v) is 7.18. The van der Waals surface area contributed by atoms with Gasteiger partial charge in [-0.3, -0.25) is 4.79 Å². The van der Waals surface area contributed by atoms with E-state index in [0.29, 0.717) is 22.4 Å². The highest BCUT2D eigenvalue weighted by Gasteiger charge is 2.30. The van der Waals surface area contributed by atoms with Gasteiger partial charge in [-0.25, -0.2) is 4.98 Å². The molecule has 0 saturated carbocycles. The molecular weight excluding hydrogens is 447 g/mol. The second kappa shape index (κ2) is 10.2. The summed E-state index contributed by atoms with van der Waals surface area (Å²) < 4.78 is 54.0. The fourth-order valence-electron chi connectivity index (χ4n) is 2.48. The lowest BCUT2D eigenvalue weighted by Crippen LogP contribution is -2.14. The van der Waals surface area contributed by atoms with E-state index >= 15 is 0 Å². The molecule has 7 nitrogen and oxygen atoms in total. The van der Waals surface area contributed by atoms with Crippen molar-refractivity contribution in [1.82, 2.24) is 9.97 Å². The Morgan fingerprint density at radius 3 is 2.22 bits per heavy atom. The number of methoxy groups -OCH3 is 2. The molecule has 32 heavy (non-hydrogen) atoms. The molecule has 0 aliphatic heterocycles. The van der Waals surface area contributed by atoms with Gasteiger partial charge < -0.3 is 19.5 Å². The third-order valence-corrected chi connectivity index (χ3v) is 4.85. The van der Waals surface area contributed by atoms with E-state index < -0.39 is 17.6 Å². The molecule has 1 heterocycles. The largest absolute Gasteiger partial charge is 0.496 e. The summed E-state index contributed by atoms with van der Waals surface area (Å²) in [6.45, 7) is 0. The zero-order valence-electron chi connectivity index (χ0n) is 17.0. The number of rotatable bonds is 8.